The van der Waals surface area contributed by atoms with E-state index in [0.717, 1.165) is 44.8 Å². The second kappa shape index (κ2) is 8.09. The third kappa shape index (κ3) is 4.54. The van der Waals surface area contributed by atoms with Crippen molar-refractivity contribution in [3.8, 4) is 0 Å². The summed E-state index contributed by atoms with van der Waals surface area (Å²) < 4.78 is 7.90. The van der Waals surface area contributed by atoms with E-state index in [1.807, 2.05) is 4.68 Å². The lowest BCUT2D eigenvalue weighted by molar-refractivity contribution is 0.0518. The number of ether oxygens (including phenoxy) is 1. The molecule has 0 bridgehead atoms. The lowest BCUT2D eigenvalue weighted by Crippen LogP contribution is -2.24. The van der Waals surface area contributed by atoms with Gasteiger partial charge in [-0.1, -0.05) is 13.8 Å². The molecule has 0 saturated carbocycles. The Bertz CT molecular complexity index is 471. The van der Waals surface area contributed by atoms with Crippen molar-refractivity contribution in [2.45, 2.75) is 59.7 Å². The van der Waals surface area contributed by atoms with Crippen LogP contribution in [-0.4, -0.2) is 52.2 Å². The minimum atomic E-state index is 0.136. The Morgan fingerprint density at radius 1 is 1.36 bits per heavy atom. The largest absolute Gasteiger partial charge is 0.394 e. The van der Waals surface area contributed by atoms with Crippen molar-refractivity contribution in [3.05, 3.63) is 17.0 Å². The van der Waals surface area contributed by atoms with E-state index in [1.165, 1.54) is 11.3 Å². The van der Waals surface area contributed by atoms with Crippen molar-refractivity contribution in [1.29, 1.82) is 0 Å². The van der Waals surface area contributed by atoms with E-state index in [2.05, 4.69) is 37.7 Å². The Hall–Kier alpha value is -0.910. The SMILES string of the molecule is Cc1nn(CCO)c(C)c1CN1CCC(OCCC(C)C)C1. The highest BCUT2D eigenvalue weighted by atomic mass is 16.5. The summed E-state index contributed by atoms with van der Waals surface area (Å²) in [5.74, 6) is 0.708. The number of aromatic nitrogens is 2. The fraction of sp³-hybridized carbons (Fsp3) is 0.824. The first-order valence-electron chi connectivity index (χ1n) is 8.49. The van der Waals surface area contributed by atoms with Gasteiger partial charge in [-0.05, 0) is 32.6 Å². The molecule has 22 heavy (non-hydrogen) atoms. The summed E-state index contributed by atoms with van der Waals surface area (Å²) in [6.45, 7) is 13.3. The number of nitrogens with zero attached hydrogens (tertiary/aromatic N) is 3. The Kier molecular flexibility index (Phi) is 6.41. The van der Waals surface area contributed by atoms with E-state index in [-0.39, 0.29) is 6.61 Å². The van der Waals surface area contributed by atoms with Crippen LogP contribution in [0.25, 0.3) is 0 Å². The fourth-order valence-corrected chi connectivity index (χ4v) is 3.05. The molecule has 1 aromatic heterocycles. The first-order chi connectivity index (χ1) is 10.5. The van der Waals surface area contributed by atoms with E-state index in [4.69, 9.17) is 9.84 Å². The molecule has 5 heteroatoms. The van der Waals surface area contributed by atoms with Crippen LogP contribution in [0, 0.1) is 19.8 Å². The number of rotatable bonds is 8. The minimum Gasteiger partial charge on any atom is -0.394 e. The Labute approximate surface area is 134 Å². The summed E-state index contributed by atoms with van der Waals surface area (Å²) in [6.07, 6.45) is 2.65. The number of aryl methyl sites for hydroxylation is 1. The van der Waals surface area contributed by atoms with Gasteiger partial charge in [-0.3, -0.25) is 9.58 Å². The van der Waals surface area contributed by atoms with Gasteiger partial charge < -0.3 is 9.84 Å². The Balaban J connectivity index is 1.85. The van der Waals surface area contributed by atoms with Gasteiger partial charge in [-0.15, -0.1) is 0 Å². The molecule has 1 fully saturated rings. The molecule has 1 unspecified atom stereocenters. The van der Waals surface area contributed by atoms with Gasteiger partial charge in [0.2, 0.25) is 0 Å². The summed E-state index contributed by atoms with van der Waals surface area (Å²) in [4.78, 5) is 2.46. The van der Waals surface area contributed by atoms with Gasteiger partial charge in [0.15, 0.2) is 0 Å². The molecule has 2 rings (SSSR count). The van der Waals surface area contributed by atoms with Crippen molar-refractivity contribution in [1.82, 2.24) is 14.7 Å². The average molecular weight is 309 g/mol. The van der Waals surface area contributed by atoms with E-state index in [9.17, 15) is 0 Å². The normalized spacial score (nSPS) is 19.5. The number of hydrogen-bond acceptors (Lipinski definition) is 4. The van der Waals surface area contributed by atoms with Crippen molar-refractivity contribution in [2.75, 3.05) is 26.3 Å². The van der Waals surface area contributed by atoms with Crippen molar-refractivity contribution in [3.63, 3.8) is 0 Å². The highest BCUT2D eigenvalue weighted by Gasteiger charge is 2.24. The second-order valence-corrected chi connectivity index (χ2v) is 6.80. The van der Waals surface area contributed by atoms with Gasteiger partial charge in [0, 0.05) is 37.5 Å². The van der Waals surface area contributed by atoms with Gasteiger partial charge >= 0.3 is 0 Å². The van der Waals surface area contributed by atoms with E-state index < -0.39 is 0 Å². The molecule has 1 saturated heterocycles. The van der Waals surface area contributed by atoms with Gasteiger partial charge in [-0.2, -0.15) is 5.10 Å². The maximum absolute atomic E-state index is 9.10. The second-order valence-electron chi connectivity index (χ2n) is 6.80. The molecule has 2 heterocycles. The van der Waals surface area contributed by atoms with Crippen molar-refractivity contribution in [2.24, 2.45) is 5.92 Å². The van der Waals surface area contributed by atoms with E-state index in [1.54, 1.807) is 0 Å². The highest BCUT2D eigenvalue weighted by Crippen LogP contribution is 2.20. The Morgan fingerprint density at radius 3 is 2.82 bits per heavy atom. The molecule has 1 N–H and O–H groups in total. The van der Waals surface area contributed by atoms with Crippen LogP contribution in [0.1, 0.15) is 43.6 Å². The first kappa shape index (κ1) is 17.4. The smallest absolute Gasteiger partial charge is 0.0714 e. The summed E-state index contributed by atoms with van der Waals surface area (Å²) >= 11 is 0. The number of aliphatic hydroxyl groups is 1. The van der Waals surface area contributed by atoms with Crippen molar-refractivity contribution >= 4 is 0 Å². The predicted octanol–water partition coefficient (Wildman–Crippen LogP) is 2.13. The molecule has 1 atom stereocenters. The van der Waals surface area contributed by atoms with Gasteiger partial charge in [0.1, 0.15) is 0 Å². The minimum absolute atomic E-state index is 0.136. The van der Waals surface area contributed by atoms with Crippen LogP contribution in [0.4, 0.5) is 0 Å². The van der Waals surface area contributed by atoms with Crippen LogP contribution in [0.5, 0.6) is 0 Å². The maximum atomic E-state index is 9.10. The quantitative estimate of drug-likeness (QED) is 0.799. The average Bonchev–Trinajstić information content (AvgIpc) is 3.00. The van der Waals surface area contributed by atoms with E-state index in [0.29, 0.717) is 18.6 Å². The maximum Gasteiger partial charge on any atom is 0.0714 e. The summed E-state index contributed by atoms with van der Waals surface area (Å²) in [6, 6.07) is 0. The van der Waals surface area contributed by atoms with E-state index >= 15 is 0 Å². The molecule has 5 nitrogen and oxygen atoms in total. The zero-order valence-corrected chi connectivity index (χ0v) is 14.5. The van der Waals surface area contributed by atoms with Crippen LogP contribution in [-0.2, 0) is 17.8 Å². The molecule has 0 radical (unpaired) electrons. The molecule has 1 aliphatic rings. The zero-order chi connectivity index (χ0) is 16.1. The summed E-state index contributed by atoms with van der Waals surface area (Å²) in [5.41, 5.74) is 3.56. The number of likely N-dealkylation sites (tertiary alicyclic amines) is 1. The summed E-state index contributed by atoms with van der Waals surface area (Å²) in [7, 11) is 0. The van der Waals surface area contributed by atoms with Gasteiger partial charge in [0.05, 0.1) is 24.9 Å². The molecule has 126 valence electrons. The lowest BCUT2D eigenvalue weighted by atomic mass is 10.1. The third-order valence-corrected chi connectivity index (χ3v) is 4.50. The third-order valence-electron chi connectivity index (χ3n) is 4.50. The monoisotopic (exact) mass is 309 g/mol. The summed E-state index contributed by atoms with van der Waals surface area (Å²) in [5, 5.41) is 13.6. The molecule has 0 amide bonds. The molecule has 1 aromatic rings. The van der Waals surface area contributed by atoms with Gasteiger partial charge in [-0.25, -0.2) is 0 Å². The zero-order valence-electron chi connectivity index (χ0n) is 14.5. The van der Waals surface area contributed by atoms with Crippen molar-refractivity contribution < 1.29 is 9.84 Å². The number of aliphatic hydroxyl groups excluding tert-OH is 1. The molecule has 0 aromatic carbocycles. The van der Waals surface area contributed by atoms with Crippen LogP contribution < -0.4 is 0 Å². The molecular formula is C17H31N3O2. The van der Waals surface area contributed by atoms with Crippen LogP contribution in [0.15, 0.2) is 0 Å². The lowest BCUT2D eigenvalue weighted by Gasteiger charge is -2.17. The molecular weight excluding hydrogens is 278 g/mol. The van der Waals surface area contributed by atoms with Crippen LogP contribution in [0.3, 0.4) is 0 Å². The van der Waals surface area contributed by atoms with Crippen LogP contribution >= 0.6 is 0 Å². The number of hydrogen-bond donors (Lipinski definition) is 1. The molecule has 0 aliphatic carbocycles. The standard InChI is InChI=1S/C17H31N3O2/c1-13(2)6-10-22-16-5-7-19(11-16)12-17-14(3)18-20(8-9-21)15(17)4/h13,16,21H,5-12H2,1-4H3. The fourth-order valence-electron chi connectivity index (χ4n) is 3.05. The predicted molar refractivity (Wildman–Crippen MR) is 87.9 cm³/mol. The first-order valence-corrected chi connectivity index (χ1v) is 8.49. The highest BCUT2D eigenvalue weighted by molar-refractivity contribution is 5.24. The topological polar surface area (TPSA) is 50.5 Å². The van der Waals surface area contributed by atoms with Gasteiger partial charge in [0.25, 0.3) is 0 Å². The Morgan fingerprint density at radius 2 is 2.14 bits per heavy atom. The molecule has 1 aliphatic heterocycles. The van der Waals surface area contributed by atoms with Crippen LogP contribution in [0.2, 0.25) is 0 Å². The molecule has 0 spiro atoms.